The molecule has 1 aromatic heterocycles. The van der Waals surface area contributed by atoms with Crippen LogP contribution < -0.4 is 4.74 Å². The predicted molar refractivity (Wildman–Crippen MR) is 86.4 cm³/mol. The minimum absolute atomic E-state index is 0.113. The second-order valence-corrected chi connectivity index (χ2v) is 5.89. The monoisotopic (exact) mass is 315 g/mol. The molecule has 0 bridgehead atoms. The third-order valence-corrected chi connectivity index (χ3v) is 4.11. The van der Waals surface area contributed by atoms with Crippen LogP contribution in [0.3, 0.4) is 0 Å². The Labute approximate surface area is 135 Å². The van der Waals surface area contributed by atoms with Crippen LogP contribution in [0.1, 0.15) is 12.8 Å². The molecule has 1 aliphatic heterocycles. The highest BCUT2D eigenvalue weighted by atomic mass is 16.5. The lowest BCUT2D eigenvalue weighted by atomic mass is 10.1. The molecule has 2 aromatic rings. The molecule has 1 N–H and O–H groups in total. The van der Waals surface area contributed by atoms with Gasteiger partial charge in [0.1, 0.15) is 24.2 Å². The number of piperidine rings is 1. The Bertz CT molecular complexity index is 675. The maximum Gasteiger partial charge on any atom is 0.323 e. The Morgan fingerprint density at radius 1 is 1.35 bits per heavy atom. The number of ether oxygens (including phenoxy) is 1. The third kappa shape index (κ3) is 3.71. The van der Waals surface area contributed by atoms with Gasteiger partial charge in [0.05, 0.1) is 5.56 Å². The largest absolute Gasteiger partial charge is 0.490 e. The zero-order valence-corrected chi connectivity index (χ0v) is 13.2. The lowest BCUT2D eigenvalue weighted by Gasteiger charge is -2.29. The summed E-state index contributed by atoms with van der Waals surface area (Å²) < 4.78 is 7.82. The van der Waals surface area contributed by atoms with Crippen molar-refractivity contribution in [3.63, 3.8) is 0 Å². The van der Waals surface area contributed by atoms with Crippen molar-refractivity contribution in [1.29, 1.82) is 0 Å². The van der Waals surface area contributed by atoms with Gasteiger partial charge in [0, 0.05) is 25.5 Å². The smallest absolute Gasteiger partial charge is 0.323 e. The van der Waals surface area contributed by atoms with Crippen LogP contribution in [0.5, 0.6) is 5.75 Å². The molecule has 0 spiro atoms. The molecule has 0 unspecified atom stereocenters. The van der Waals surface area contributed by atoms with Gasteiger partial charge in [-0.25, -0.2) is 4.98 Å². The van der Waals surface area contributed by atoms with Crippen molar-refractivity contribution in [2.24, 2.45) is 0 Å². The van der Waals surface area contributed by atoms with E-state index in [0.717, 1.165) is 37.2 Å². The zero-order valence-electron chi connectivity index (χ0n) is 13.2. The number of carboxylic acid groups (broad SMARTS) is 1. The summed E-state index contributed by atoms with van der Waals surface area (Å²) in [6, 6.07) is 7.69. The second-order valence-electron chi connectivity index (χ2n) is 5.89. The summed E-state index contributed by atoms with van der Waals surface area (Å²) in [6.45, 7) is 1.94. The summed E-state index contributed by atoms with van der Waals surface area (Å²) in [5.74, 6) is 0.494. The minimum atomic E-state index is -0.891. The zero-order chi connectivity index (χ0) is 16.2. The average Bonchev–Trinajstić information content (AvgIpc) is 2.97. The van der Waals surface area contributed by atoms with Gasteiger partial charge in [-0.1, -0.05) is 12.1 Å². The maximum absolute atomic E-state index is 11.0. The number of hydrogen-bond acceptors (Lipinski definition) is 4. The lowest BCUT2D eigenvalue weighted by molar-refractivity contribution is -0.137. The summed E-state index contributed by atoms with van der Waals surface area (Å²) in [7, 11) is 2.12. The second kappa shape index (κ2) is 6.83. The normalized spacial score (nSPS) is 16.4. The standard InChI is InChI=1S/C17H21N3O3/c1-19-9-6-13(7-10-19)23-15-5-3-2-4-14(15)17-18-8-11-20(17)12-16(21)22/h2-5,8,11,13H,6-7,9-10,12H2,1H3,(H,21,22). The third-order valence-electron chi connectivity index (χ3n) is 4.11. The molecule has 0 atom stereocenters. The molecule has 3 rings (SSSR count). The number of benzene rings is 1. The Hall–Kier alpha value is -2.34. The first-order chi connectivity index (χ1) is 11.1. The first kappa shape index (κ1) is 15.6. The van der Waals surface area contributed by atoms with Gasteiger partial charge in [0.2, 0.25) is 0 Å². The SMILES string of the molecule is CN1CCC(Oc2ccccc2-c2nccn2CC(=O)O)CC1. The van der Waals surface area contributed by atoms with Gasteiger partial charge in [-0.05, 0) is 32.0 Å². The van der Waals surface area contributed by atoms with E-state index in [1.165, 1.54) is 0 Å². The summed E-state index contributed by atoms with van der Waals surface area (Å²) in [6.07, 6.45) is 5.47. The number of nitrogens with zero attached hydrogens (tertiary/aromatic N) is 3. The van der Waals surface area contributed by atoms with Crippen LogP contribution in [0.15, 0.2) is 36.7 Å². The Morgan fingerprint density at radius 3 is 2.83 bits per heavy atom. The van der Waals surface area contributed by atoms with Crippen LogP contribution in [0, 0.1) is 0 Å². The summed E-state index contributed by atoms with van der Waals surface area (Å²) in [5.41, 5.74) is 0.831. The molecule has 122 valence electrons. The van der Waals surface area contributed by atoms with Gasteiger partial charge in [0.15, 0.2) is 0 Å². The van der Waals surface area contributed by atoms with Crippen LogP contribution in [-0.4, -0.2) is 51.8 Å². The van der Waals surface area contributed by atoms with Crippen molar-refractivity contribution in [2.75, 3.05) is 20.1 Å². The highest BCUT2D eigenvalue weighted by molar-refractivity contribution is 5.70. The molecule has 1 aromatic carbocycles. The van der Waals surface area contributed by atoms with E-state index in [1.807, 2.05) is 24.3 Å². The number of rotatable bonds is 5. The molecule has 6 heteroatoms. The molecule has 1 aliphatic rings. The fourth-order valence-electron chi connectivity index (χ4n) is 2.86. The molecular formula is C17H21N3O3. The number of carbonyl (C=O) groups is 1. The van der Waals surface area contributed by atoms with E-state index in [-0.39, 0.29) is 12.6 Å². The van der Waals surface area contributed by atoms with Crippen LogP contribution in [0.25, 0.3) is 11.4 Å². The van der Waals surface area contributed by atoms with Crippen LogP contribution >= 0.6 is 0 Å². The predicted octanol–water partition coefficient (Wildman–Crippen LogP) is 2.11. The van der Waals surface area contributed by atoms with Gasteiger partial charge >= 0.3 is 5.97 Å². The number of aromatic nitrogens is 2. The van der Waals surface area contributed by atoms with Gasteiger partial charge < -0.3 is 19.3 Å². The Kier molecular flexibility index (Phi) is 4.62. The van der Waals surface area contributed by atoms with E-state index in [2.05, 4.69) is 16.9 Å². The molecule has 1 fully saturated rings. The quantitative estimate of drug-likeness (QED) is 0.915. The van der Waals surface area contributed by atoms with Crippen molar-refractivity contribution >= 4 is 5.97 Å². The Morgan fingerprint density at radius 2 is 2.09 bits per heavy atom. The summed E-state index contributed by atoms with van der Waals surface area (Å²) in [4.78, 5) is 17.6. The Balaban J connectivity index is 1.83. The van der Waals surface area contributed by atoms with Gasteiger partial charge in [-0.3, -0.25) is 4.79 Å². The van der Waals surface area contributed by atoms with Crippen molar-refractivity contribution in [3.05, 3.63) is 36.7 Å². The number of imidazole rings is 1. The minimum Gasteiger partial charge on any atom is -0.490 e. The van der Waals surface area contributed by atoms with Crippen molar-refractivity contribution in [2.45, 2.75) is 25.5 Å². The molecule has 23 heavy (non-hydrogen) atoms. The number of para-hydroxylation sites is 1. The lowest BCUT2D eigenvalue weighted by Crippen LogP contribution is -2.35. The number of aliphatic carboxylic acids is 1. The summed E-state index contributed by atoms with van der Waals surface area (Å²) in [5, 5.41) is 9.03. The first-order valence-electron chi connectivity index (χ1n) is 7.81. The van der Waals surface area contributed by atoms with Crippen molar-refractivity contribution < 1.29 is 14.6 Å². The molecule has 0 saturated carbocycles. The molecule has 6 nitrogen and oxygen atoms in total. The number of likely N-dealkylation sites (tertiary alicyclic amines) is 1. The molecule has 0 amide bonds. The van der Waals surface area contributed by atoms with Crippen molar-refractivity contribution in [3.8, 4) is 17.1 Å². The van der Waals surface area contributed by atoms with E-state index in [1.54, 1.807) is 17.0 Å². The number of carboxylic acids is 1. The molecular weight excluding hydrogens is 294 g/mol. The maximum atomic E-state index is 11.0. The first-order valence-corrected chi connectivity index (χ1v) is 7.81. The van der Waals surface area contributed by atoms with E-state index in [4.69, 9.17) is 9.84 Å². The van der Waals surface area contributed by atoms with E-state index >= 15 is 0 Å². The van der Waals surface area contributed by atoms with Gasteiger partial charge in [0.25, 0.3) is 0 Å². The van der Waals surface area contributed by atoms with Crippen LogP contribution in [0.2, 0.25) is 0 Å². The fourth-order valence-corrected chi connectivity index (χ4v) is 2.86. The molecule has 1 saturated heterocycles. The topological polar surface area (TPSA) is 67.6 Å². The van der Waals surface area contributed by atoms with Crippen LogP contribution in [-0.2, 0) is 11.3 Å². The van der Waals surface area contributed by atoms with Crippen LogP contribution in [0.4, 0.5) is 0 Å². The number of hydrogen-bond donors (Lipinski definition) is 1. The van der Waals surface area contributed by atoms with E-state index < -0.39 is 5.97 Å². The molecule has 2 heterocycles. The van der Waals surface area contributed by atoms with E-state index in [9.17, 15) is 4.79 Å². The fraction of sp³-hybridized carbons (Fsp3) is 0.412. The van der Waals surface area contributed by atoms with Crippen molar-refractivity contribution in [1.82, 2.24) is 14.5 Å². The van der Waals surface area contributed by atoms with Gasteiger partial charge in [-0.15, -0.1) is 0 Å². The van der Waals surface area contributed by atoms with Gasteiger partial charge in [-0.2, -0.15) is 0 Å². The summed E-state index contributed by atoms with van der Waals surface area (Å²) >= 11 is 0. The highest BCUT2D eigenvalue weighted by Gasteiger charge is 2.20. The highest BCUT2D eigenvalue weighted by Crippen LogP contribution is 2.30. The molecule has 0 radical (unpaired) electrons. The van der Waals surface area contributed by atoms with E-state index in [0.29, 0.717) is 5.82 Å². The molecule has 0 aliphatic carbocycles. The average molecular weight is 315 g/mol.